The summed E-state index contributed by atoms with van der Waals surface area (Å²) in [7, 11) is 1.75. The number of ether oxygens (including phenoxy) is 1. The van der Waals surface area contributed by atoms with E-state index in [1.54, 1.807) is 18.9 Å². The van der Waals surface area contributed by atoms with Crippen molar-refractivity contribution in [3.63, 3.8) is 0 Å². The number of amides is 1. The maximum Gasteiger partial charge on any atom is 0.230 e. The van der Waals surface area contributed by atoms with Crippen LogP contribution >= 0.6 is 0 Å². The Hall–Kier alpha value is -1.84. The minimum Gasteiger partial charge on any atom is -0.491 e. The fourth-order valence-corrected chi connectivity index (χ4v) is 1.97. The molecule has 1 heterocycles. The third-order valence-electron chi connectivity index (χ3n) is 3.10. The van der Waals surface area contributed by atoms with Crippen LogP contribution in [0.1, 0.15) is 25.3 Å². The molecule has 0 saturated heterocycles. The van der Waals surface area contributed by atoms with E-state index in [0.29, 0.717) is 25.9 Å². The molecule has 0 aliphatic carbocycles. The van der Waals surface area contributed by atoms with Gasteiger partial charge in [-0.15, -0.1) is 0 Å². The molecule has 96 valence electrons. The van der Waals surface area contributed by atoms with Gasteiger partial charge in [-0.2, -0.15) is 0 Å². The van der Waals surface area contributed by atoms with Crippen LogP contribution in [-0.2, 0) is 16.0 Å². The van der Waals surface area contributed by atoms with Gasteiger partial charge in [-0.25, -0.2) is 0 Å². The number of Topliss-reactive ketones (excluding diaryl/α,β-unsaturated/α-hetero) is 1. The number of hydrogen-bond donors (Lipinski definition) is 0. The predicted octanol–water partition coefficient (Wildman–Crippen LogP) is 1.95. The van der Waals surface area contributed by atoms with Crippen LogP contribution in [-0.4, -0.2) is 25.3 Å². The molecular weight excluding hydrogens is 230 g/mol. The Morgan fingerprint density at radius 2 is 2.22 bits per heavy atom. The highest BCUT2D eigenvalue weighted by atomic mass is 16.5. The van der Waals surface area contributed by atoms with Crippen molar-refractivity contribution in [3.05, 3.63) is 23.8 Å². The Kier molecular flexibility index (Phi) is 3.65. The van der Waals surface area contributed by atoms with Crippen molar-refractivity contribution < 1.29 is 14.3 Å². The van der Waals surface area contributed by atoms with E-state index >= 15 is 0 Å². The van der Waals surface area contributed by atoms with E-state index in [9.17, 15) is 9.59 Å². The lowest BCUT2D eigenvalue weighted by Crippen LogP contribution is -2.25. The van der Waals surface area contributed by atoms with Gasteiger partial charge >= 0.3 is 0 Å². The van der Waals surface area contributed by atoms with Gasteiger partial charge in [0.25, 0.3) is 0 Å². The molecule has 0 radical (unpaired) electrons. The van der Waals surface area contributed by atoms with Crippen molar-refractivity contribution in [2.45, 2.75) is 26.2 Å². The minimum absolute atomic E-state index is 0.0532. The maximum absolute atomic E-state index is 11.7. The van der Waals surface area contributed by atoms with Crippen molar-refractivity contribution in [2.75, 3.05) is 18.6 Å². The Morgan fingerprint density at radius 1 is 1.44 bits per heavy atom. The van der Waals surface area contributed by atoms with Crippen molar-refractivity contribution in [3.8, 4) is 5.75 Å². The predicted molar refractivity (Wildman–Crippen MR) is 69.0 cm³/mol. The molecule has 18 heavy (non-hydrogen) atoms. The van der Waals surface area contributed by atoms with E-state index < -0.39 is 0 Å². The minimum atomic E-state index is 0.0532. The first-order chi connectivity index (χ1) is 8.58. The molecule has 0 bridgehead atoms. The first-order valence-corrected chi connectivity index (χ1v) is 6.09. The van der Waals surface area contributed by atoms with E-state index in [4.69, 9.17) is 4.74 Å². The number of rotatable bonds is 3. The van der Waals surface area contributed by atoms with Crippen LogP contribution in [0.4, 0.5) is 5.69 Å². The fraction of sp³-hybridized carbons (Fsp3) is 0.429. The number of carbonyl (C=O) groups is 2. The molecular formula is C14H17NO3. The molecule has 0 fully saturated rings. The quantitative estimate of drug-likeness (QED) is 0.820. The molecule has 4 nitrogen and oxygen atoms in total. The number of anilines is 1. The van der Waals surface area contributed by atoms with Gasteiger partial charge in [-0.3, -0.25) is 4.79 Å². The summed E-state index contributed by atoms with van der Waals surface area (Å²) >= 11 is 0. The fourth-order valence-electron chi connectivity index (χ4n) is 1.97. The normalized spacial score (nSPS) is 14.8. The van der Waals surface area contributed by atoms with Gasteiger partial charge < -0.3 is 14.4 Å². The number of benzene rings is 1. The van der Waals surface area contributed by atoms with E-state index in [2.05, 4.69) is 0 Å². The average Bonchev–Trinajstić information content (AvgIpc) is 2.48. The molecule has 0 unspecified atom stereocenters. The molecule has 1 amide bonds. The summed E-state index contributed by atoms with van der Waals surface area (Å²) in [5, 5.41) is 0. The van der Waals surface area contributed by atoms with Crippen LogP contribution in [0.2, 0.25) is 0 Å². The zero-order valence-corrected chi connectivity index (χ0v) is 10.7. The molecule has 1 aliphatic heterocycles. The highest BCUT2D eigenvalue weighted by Crippen LogP contribution is 2.31. The Morgan fingerprint density at radius 3 is 2.94 bits per heavy atom. The molecule has 2 rings (SSSR count). The summed E-state index contributed by atoms with van der Waals surface area (Å²) in [6.45, 7) is 2.01. The van der Waals surface area contributed by atoms with Gasteiger partial charge in [0.15, 0.2) is 0 Å². The Balaban J connectivity index is 2.26. The summed E-state index contributed by atoms with van der Waals surface area (Å²) in [5.74, 6) is 0.956. The van der Waals surface area contributed by atoms with E-state index in [1.165, 1.54) is 0 Å². The molecule has 0 saturated carbocycles. The van der Waals surface area contributed by atoms with E-state index in [1.807, 2.05) is 18.2 Å². The topological polar surface area (TPSA) is 46.6 Å². The van der Waals surface area contributed by atoms with E-state index in [0.717, 1.165) is 17.0 Å². The smallest absolute Gasteiger partial charge is 0.230 e. The first-order valence-electron chi connectivity index (χ1n) is 6.09. The largest absolute Gasteiger partial charge is 0.491 e. The lowest BCUT2D eigenvalue weighted by atomic mass is 10.1. The number of hydrogen-bond acceptors (Lipinski definition) is 3. The summed E-state index contributed by atoms with van der Waals surface area (Å²) in [4.78, 5) is 24.4. The van der Waals surface area contributed by atoms with Crippen molar-refractivity contribution in [2.24, 2.45) is 0 Å². The number of aryl methyl sites for hydroxylation is 1. The highest BCUT2D eigenvalue weighted by Gasteiger charge is 2.20. The number of ketones is 1. The van der Waals surface area contributed by atoms with Gasteiger partial charge in [-0.05, 0) is 31.0 Å². The molecule has 1 aromatic carbocycles. The third-order valence-corrected chi connectivity index (χ3v) is 3.10. The summed E-state index contributed by atoms with van der Waals surface area (Å²) in [6, 6.07) is 5.76. The van der Waals surface area contributed by atoms with Crippen LogP contribution in [0.15, 0.2) is 18.2 Å². The molecule has 0 spiro atoms. The van der Waals surface area contributed by atoms with Crippen LogP contribution in [0, 0.1) is 0 Å². The molecule has 1 aromatic rings. The first kappa shape index (κ1) is 12.6. The number of fused-ring (bicyclic) bond motifs is 1. The number of nitrogens with zero attached hydrogens (tertiary/aromatic N) is 1. The highest BCUT2D eigenvalue weighted by molar-refractivity contribution is 5.95. The third kappa shape index (κ3) is 2.70. The van der Waals surface area contributed by atoms with Gasteiger partial charge in [0.2, 0.25) is 5.91 Å². The van der Waals surface area contributed by atoms with Crippen LogP contribution in [0.25, 0.3) is 0 Å². The van der Waals surface area contributed by atoms with Crippen LogP contribution in [0.3, 0.4) is 0 Å². The monoisotopic (exact) mass is 247 g/mol. The lowest BCUT2D eigenvalue weighted by Gasteiger charge is -2.17. The van der Waals surface area contributed by atoms with Crippen LogP contribution in [0.5, 0.6) is 5.75 Å². The summed E-state index contributed by atoms with van der Waals surface area (Å²) in [6.07, 6.45) is 1.62. The van der Waals surface area contributed by atoms with Gasteiger partial charge in [0, 0.05) is 13.5 Å². The van der Waals surface area contributed by atoms with Crippen molar-refractivity contribution in [1.82, 2.24) is 0 Å². The number of carbonyl (C=O) groups excluding carboxylic acids is 2. The van der Waals surface area contributed by atoms with Crippen LogP contribution < -0.4 is 9.64 Å². The van der Waals surface area contributed by atoms with Crippen molar-refractivity contribution >= 4 is 17.4 Å². The van der Waals surface area contributed by atoms with Gasteiger partial charge in [0.05, 0.1) is 18.7 Å². The van der Waals surface area contributed by atoms with E-state index in [-0.39, 0.29) is 11.7 Å². The van der Waals surface area contributed by atoms with Crippen molar-refractivity contribution in [1.29, 1.82) is 0 Å². The van der Waals surface area contributed by atoms with Gasteiger partial charge in [-0.1, -0.05) is 6.07 Å². The molecule has 0 aromatic heterocycles. The zero-order chi connectivity index (χ0) is 13.1. The standard InChI is InChI=1S/C14H17NO3/c1-10(16)3-4-11-5-6-13-12(9-11)15(2)14(17)7-8-18-13/h5-6,9H,3-4,7-8H2,1-2H3. The Bertz CT molecular complexity index is 482. The molecule has 0 atom stereocenters. The second kappa shape index (κ2) is 5.21. The maximum atomic E-state index is 11.7. The second-order valence-corrected chi connectivity index (χ2v) is 4.56. The zero-order valence-electron chi connectivity index (χ0n) is 10.7. The lowest BCUT2D eigenvalue weighted by molar-refractivity contribution is -0.118. The molecule has 0 N–H and O–H groups in total. The molecule has 4 heteroatoms. The molecule has 1 aliphatic rings. The summed E-state index contributed by atoms with van der Waals surface area (Å²) < 4.78 is 5.54. The average molecular weight is 247 g/mol. The van der Waals surface area contributed by atoms with Gasteiger partial charge in [0.1, 0.15) is 11.5 Å². The summed E-state index contributed by atoms with van der Waals surface area (Å²) in [5.41, 5.74) is 1.84. The second-order valence-electron chi connectivity index (χ2n) is 4.56. The Labute approximate surface area is 107 Å². The SMILES string of the molecule is CC(=O)CCc1ccc2c(c1)N(C)C(=O)CCO2.